The van der Waals surface area contributed by atoms with Crippen LogP contribution in [0.5, 0.6) is 0 Å². The molecule has 1 aromatic heterocycles. The van der Waals surface area contributed by atoms with Crippen LogP contribution in [-0.2, 0) is 0 Å². The van der Waals surface area contributed by atoms with Crippen LogP contribution in [0.1, 0.15) is 60.1 Å². The molecule has 178 valence electrons. The molecular formula is C31H31FN2O. The zero-order chi connectivity index (χ0) is 25.1. The van der Waals surface area contributed by atoms with E-state index in [0.717, 1.165) is 50.0 Å². The maximum Gasteiger partial charge on any atom is 0.138 e. The molecular weight excluding hydrogens is 435 g/mol. The summed E-state index contributed by atoms with van der Waals surface area (Å²) in [4.78, 5) is 3.43. The minimum Gasteiger partial charge on any atom is -0.390 e. The topological polar surface area (TPSA) is 48.0 Å². The van der Waals surface area contributed by atoms with Crippen LogP contribution in [-0.4, -0.2) is 21.7 Å². The van der Waals surface area contributed by atoms with Crippen molar-refractivity contribution in [1.29, 1.82) is 0 Å². The molecule has 3 aromatic carbocycles. The highest BCUT2D eigenvalue weighted by Crippen LogP contribution is 2.46. The van der Waals surface area contributed by atoms with Gasteiger partial charge in [0.1, 0.15) is 5.82 Å². The predicted molar refractivity (Wildman–Crippen MR) is 142 cm³/mol. The summed E-state index contributed by atoms with van der Waals surface area (Å²) in [5, 5.41) is 15.9. The van der Waals surface area contributed by atoms with Gasteiger partial charge in [-0.2, -0.15) is 0 Å². The lowest BCUT2D eigenvalue weighted by molar-refractivity contribution is 0.0868. The first-order valence-corrected chi connectivity index (χ1v) is 12.1. The third kappa shape index (κ3) is 3.81. The lowest BCUT2D eigenvalue weighted by atomic mass is 9.75. The fourth-order valence-corrected chi connectivity index (χ4v) is 5.37. The molecule has 1 aliphatic heterocycles. The van der Waals surface area contributed by atoms with Crippen LogP contribution in [0.15, 0.2) is 48.7 Å². The molecule has 0 unspecified atom stereocenters. The molecule has 0 saturated carbocycles. The van der Waals surface area contributed by atoms with Gasteiger partial charge in [-0.1, -0.05) is 43.0 Å². The second kappa shape index (κ2) is 8.29. The number of hydrogen-bond donors (Lipinski definition) is 3. The third-order valence-corrected chi connectivity index (χ3v) is 7.34. The Kier molecular flexibility index (Phi) is 5.49. The van der Waals surface area contributed by atoms with Crippen LogP contribution in [0, 0.1) is 38.4 Å². The standard InChI is InChI=1S/C31H31FN2O/c1-17-10-13-26(32)21(14-17)11-12-23-25(24-9-7-8-22-19(3)16-33-29(22)24)15-18(2)28-27(23)20(4)30(35)31(5,6)34-28/h7-10,13-16,20,30,33-35H,1-6H3/t20-,30+/m0/s1. The van der Waals surface area contributed by atoms with E-state index in [-0.39, 0.29) is 11.7 Å². The van der Waals surface area contributed by atoms with E-state index in [1.165, 1.54) is 11.6 Å². The van der Waals surface area contributed by atoms with Crippen molar-refractivity contribution in [3.63, 3.8) is 0 Å². The third-order valence-electron chi connectivity index (χ3n) is 7.34. The van der Waals surface area contributed by atoms with Crippen molar-refractivity contribution in [3.05, 3.63) is 87.9 Å². The van der Waals surface area contributed by atoms with E-state index in [9.17, 15) is 9.50 Å². The molecule has 0 bridgehead atoms. The number of aryl methyl sites for hydroxylation is 3. The van der Waals surface area contributed by atoms with Gasteiger partial charge in [-0.3, -0.25) is 0 Å². The highest BCUT2D eigenvalue weighted by molar-refractivity contribution is 5.98. The molecule has 4 heteroatoms. The summed E-state index contributed by atoms with van der Waals surface area (Å²) < 4.78 is 14.6. The minimum absolute atomic E-state index is 0.156. The van der Waals surface area contributed by atoms with Gasteiger partial charge in [0.15, 0.2) is 0 Å². The van der Waals surface area contributed by atoms with Crippen LogP contribution in [0.3, 0.4) is 0 Å². The van der Waals surface area contributed by atoms with Gasteiger partial charge >= 0.3 is 0 Å². The van der Waals surface area contributed by atoms with Crippen LogP contribution in [0.25, 0.3) is 22.0 Å². The van der Waals surface area contributed by atoms with Gasteiger partial charge in [-0.25, -0.2) is 4.39 Å². The summed E-state index contributed by atoms with van der Waals surface area (Å²) in [6.07, 6.45) is 1.41. The van der Waals surface area contributed by atoms with E-state index < -0.39 is 11.6 Å². The Labute approximate surface area is 206 Å². The van der Waals surface area contributed by atoms with Gasteiger partial charge in [-0.05, 0) is 75.1 Å². The Hall–Kier alpha value is -3.55. The number of aliphatic hydroxyl groups is 1. The van der Waals surface area contributed by atoms with Crippen molar-refractivity contribution < 1.29 is 9.50 Å². The Morgan fingerprint density at radius 3 is 2.51 bits per heavy atom. The number of rotatable bonds is 1. The molecule has 0 spiro atoms. The largest absolute Gasteiger partial charge is 0.390 e. The molecule has 3 N–H and O–H groups in total. The van der Waals surface area contributed by atoms with E-state index >= 15 is 0 Å². The van der Waals surface area contributed by atoms with Crippen LogP contribution in [0.4, 0.5) is 10.1 Å². The van der Waals surface area contributed by atoms with Crippen molar-refractivity contribution in [2.45, 2.75) is 59.1 Å². The van der Waals surface area contributed by atoms with Crippen molar-refractivity contribution in [3.8, 4) is 23.0 Å². The molecule has 2 heterocycles. The van der Waals surface area contributed by atoms with Gasteiger partial charge in [-0.15, -0.1) is 0 Å². The van der Waals surface area contributed by atoms with Gasteiger partial charge in [0, 0.05) is 39.9 Å². The summed E-state index contributed by atoms with van der Waals surface area (Å²) >= 11 is 0. The molecule has 0 fully saturated rings. The molecule has 0 saturated heterocycles. The Morgan fingerprint density at radius 1 is 0.971 bits per heavy atom. The van der Waals surface area contributed by atoms with Crippen molar-refractivity contribution in [2.75, 3.05) is 5.32 Å². The first kappa shape index (κ1) is 23.2. The van der Waals surface area contributed by atoms with Crippen LogP contribution in [0.2, 0.25) is 0 Å². The number of anilines is 1. The predicted octanol–water partition coefficient (Wildman–Crippen LogP) is 6.97. The lowest BCUT2D eigenvalue weighted by Crippen LogP contribution is -2.50. The number of aromatic nitrogens is 1. The SMILES string of the molecule is Cc1ccc(F)c(C#Cc2c(-c3cccc4c(C)c[nH]c34)cc(C)c3c2[C@H](C)[C@@H](O)C(C)(C)N3)c1. The zero-order valence-electron chi connectivity index (χ0n) is 21.1. The smallest absolute Gasteiger partial charge is 0.138 e. The highest BCUT2D eigenvalue weighted by Gasteiger charge is 2.40. The Morgan fingerprint density at radius 2 is 1.74 bits per heavy atom. The fourth-order valence-electron chi connectivity index (χ4n) is 5.37. The van der Waals surface area contributed by atoms with E-state index in [0.29, 0.717) is 5.56 Å². The lowest BCUT2D eigenvalue weighted by Gasteiger charge is -2.43. The average Bonchev–Trinajstić information content (AvgIpc) is 3.20. The van der Waals surface area contributed by atoms with Gasteiger partial charge in [0.2, 0.25) is 0 Å². The number of aromatic amines is 1. The molecule has 4 aromatic rings. The van der Waals surface area contributed by atoms with Crippen LogP contribution >= 0.6 is 0 Å². The molecule has 35 heavy (non-hydrogen) atoms. The van der Waals surface area contributed by atoms with E-state index in [1.54, 1.807) is 12.1 Å². The molecule has 0 aliphatic carbocycles. The molecule has 0 radical (unpaired) electrons. The second-order valence-corrected chi connectivity index (χ2v) is 10.4. The number of para-hydroxylation sites is 1. The normalized spacial score (nSPS) is 18.5. The summed E-state index contributed by atoms with van der Waals surface area (Å²) in [6.45, 7) is 12.2. The Balaban J connectivity index is 1.84. The average molecular weight is 467 g/mol. The summed E-state index contributed by atoms with van der Waals surface area (Å²) in [5.41, 5.74) is 8.99. The summed E-state index contributed by atoms with van der Waals surface area (Å²) in [5.74, 6) is 5.97. The van der Waals surface area contributed by atoms with Crippen molar-refractivity contribution in [1.82, 2.24) is 4.98 Å². The number of nitrogens with one attached hydrogen (secondary N) is 2. The number of fused-ring (bicyclic) bond motifs is 2. The monoisotopic (exact) mass is 466 g/mol. The first-order valence-electron chi connectivity index (χ1n) is 12.1. The van der Waals surface area contributed by atoms with E-state index in [4.69, 9.17) is 0 Å². The number of hydrogen-bond acceptors (Lipinski definition) is 2. The van der Waals surface area contributed by atoms with E-state index in [1.807, 2.05) is 33.9 Å². The van der Waals surface area contributed by atoms with Crippen LogP contribution < -0.4 is 5.32 Å². The summed E-state index contributed by atoms with van der Waals surface area (Å²) in [6, 6.07) is 13.4. The molecule has 1 aliphatic rings. The molecule has 2 atom stereocenters. The van der Waals surface area contributed by atoms with Gasteiger partial charge < -0.3 is 15.4 Å². The van der Waals surface area contributed by atoms with Gasteiger partial charge in [0.05, 0.1) is 22.7 Å². The van der Waals surface area contributed by atoms with Gasteiger partial charge in [0.25, 0.3) is 0 Å². The maximum absolute atomic E-state index is 14.6. The first-order chi connectivity index (χ1) is 16.6. The summed E-state index contributed by atoms with van der Waals surface area (Å²) in [7, 11) is 0. The number of aliphatic hydroxyl groups excluding tert-OH is 1. The molecule has 5 rings (SSSR count). The highest BCUT2D eigenvalue weighted by atomic mass is 19.1. The second-order valence-electron chi connectivity index (χ2n) is 10.4. The zero-order valence-corrected chi connectivity index (χ0v) is 21.1. The number of benzene rings is 3. The van der Waals surface area contributed by atoms with Crippen molar-refractivity contribution >= 4 is 16.6 Å². The molecule has 3 nitrogen and oxygen atoms in total. The Bertz CT molecular complexity index is 1530. The van der Waals surface area contributed by atoms with E-state index in [2.05, 4.69) is 60.3 Å². The van der Waals surface area contributed by atoms with Crippen molar-refractivity contribution in [2.24, 2.45) is 0 Å². The fraction of sp³-hybridized carbons (Fsp3) is 0.290. The maximum atomic E-state index is 14.6. The number of halogens is 1. The quantitative estimate of drug-likeness (QED) is 0.265. The molecule has 0 amide bonds. The minimum atomic E-state index is -0.607. The number of H-pyrrole nitrogens is 1.